The van der Waals surface area contributed by atoms with E-state index in [1.165, 1.54) is 0 Å². The number of benzene rings is 1. The molecule has 0 saturated carbocycles. The molecule has 0 atom stereocenters. The van der Waals surface area contributed by atoms with Crippen LogP contribution in [0, 0.1) is 0 Å². The highest BCUT2D eigenvalue weighted by Gasteiger charge is 2.03. The zero-order valence-corrected chi connectivity index (χ0v) is 13.6. The molecule has 112 valence electrons. The Balaban J connectivity index is 1.91. The van der Waals surface area contributed by atoms with E-state index in [4.69, 9.17) is 27.9 Å². The van der Waals surface area contributed by atoms with Crippen molar-refractivity contribution < 1.29 is 4.74 Å². The summed E-state index contributed by atoms with van der Waals surface area (Å²) in [5.74, 6) is 0.717. The maximum atomic E-state index is 6.10. The van der Waals surface area contributed by atoms with Gasteiger partial charge in [0.05, 0.1) is 11.9 Å². The molecule has 3 nitrogen and oxygen atoms in total. The highest BCUT2D eigenvalue weighted by Crippen LogP contribution is 2.22. The molecule has 1 aromatic heterocycles. The molecule has 0 aliphatic heterocycles. The van der Waals surface area contributed by atoms with Crippen LogP contribution >= 0.6 is 23.2 Å². The van der Waals surface area contributed by atoms with Crippen LogP contribution in [0.3, 0.4) is 0 Å². The quantitative estimate of drug-likeness (QED) is 0.851. The Bertz CT molecular complexity index is 585. The topological polar surface area (TPSA) is 34.1 Å². The minimum Gasteiger partial charge on any atom is -0.487 e. The van der Waals surface area contributed by atoms with Crippen LogP contribution in [-0.4, -0.2) is 11.0 Å². The van der Waals surface area contributed by atoms with Crippen molar-refractivity contribution in [2.45, 2.75) is 33.0 Å². The summed E-state index contributed by atoms with van der Waals surface area (Å²) >= 11 is 12.0. The fraction of sp³-hybridized carbons (Fsp3) is 0.312. The molecule has 0 radical (unpaired) electrons. The van der Waals surface area contributed by atoms with Gasteiger partial charge in [-0.1, -0.05) is 43.1 Å². The zero-order valence-electron chi connectivity index (χ0n) is 12.1. The summed E-state index contributed by atoms with van der Waals surface area (Å²) in [6, 6.07) is 9.67. The first kappa shape index (κ1) is 16.1. The van der Waals surface area contributed by atoms with Gasteiger partial charge in [-0.2, -0.15) is 0 Å². The van der Waals surface area contributed by atoms with E-state index in [-0.39, 0.29) is 0 Å². The second-order valence-electron chi connectivity index (χ2n) is 5.05. The maximum absolute atomic E-state index is 6.10. The van der Waals surface area contributed by atoms with Crippen LogP contribution in [-0.2, 0) is 13.2 Å². The summed E-state index contributed by atoms with van der Waals surface area (Å²) in [7, 11) is 0. The number of nitrogens with one attached hydrogen (secondary N) is 1. The lowest BCUT2D eigenvalue weighted by atomic mass is 10.2. The Morgan fingerprint density at radius 1 is 1.19 bits per heavy atom. The normalized spacial score (nSPS) is 10.9. The molecule has 0 bridgehead atoms. The Morgan fingerprint density at radius 3 is 2.62 bits per heavy atom. The average molecular weight is 325 g/mol. The van der Waals surface area contributed by atoms with Gasteiger partial charge in [0.25, 0.3) is 0 Å². The third-order valence-corrected chi connectivity index (χ3v) is 3.49. The molecule has 0 aliphatic carbocycles. The molecule has 0 fully saturated rings. The highest BCUT2D eigenvalue weighted by molar-refractivity contribution is 6.35. The number of aromatic nitrogens is 1. The zero-order chi connectivity index (χ0) is 15.2. The summed E-state index contributed by atoms with van der Waals surface area (Å²) in [6.07, 6.45) is 1.72. The lowest BCUT2D eigenvalue weighted by molar-refractivity contribution is 0.305. The summed E-state index contributed by atoms with van der Waals surface area (Å²) < 4.78 is 5.68. The molecule has 21 heavy (non-hydrogen) atoms. The molecular formula is C16H18Cl2N2O. The number of hydrogen-bond donors (Lipinski definition) is 1. The molecule has 0 aliphatic rings. The van der Waals surface area contributed by atoms with Crippen LogP contribution in [0.15, 0.2) is 36.5 Å². The lowest BCUT2D eigenvalue weighted by Gasteiger charge is -2.10. The molecule has 1 aromatic carbocycles. The van der Waals surface area contributed by atoms with Crippen molar-refractivity contribution in [1.82, 2.24) is 10.3 Å². The highest BCUT2D eigenvalue weighted by atomic mass is 35.5. The second-order valence-corrected chi connectivity index (χ2v) is 5.89. The smallest absolute Gasteiger partial charge is 0.138 e. The molecule has 1 heterocycles. The van der Waals surface area contributed by atoms with Crippen molar-refractivity contribution in [3.63, 3.8) is 0 Å². The van der Waals surface area contributed by atoms with Crippen LogP contribution in [0.25, 0.3) is 0 Å². The van der Waals surface area contributed by atoms with E-state index in [2.05, 4.69) is 24.1 Å². The maximum Gasteiger partial charge on any atom is 0.138 e. The van der Waals surface area contributed by atoms with E-state index in [1.807, 2.05) is 18.2 Å². The van der Waals surface area contributed by atoms with Crippen LogP contribution in [0.4, 0.5) is 0 Å². The van der Waals surface area contributed by atoms with Crippen LogP contribution in [0.1, 0.15) is 25.1 Å². The summed E-state index contributed by atoms with van der Waals surface area (Å²) in [6.45, 7) is 5.35. The molecule has 0 amide bonds. The van der Waals surface area contributed by atoms with E-state index in [1.54, 1.807) is 18.3 Å². The predicted molar refractivity (Wildman–Crippen MR) is 87.0 cm³/mol. The number of ether oxygens (including phenoxy) is 1. The SMILES string of the molecule is CC(C)NCc1ccc(OCc2ccc(Cl)cc2Cl)cn1. The number of nitrogens with zero attached hydrogens (tertiary/aromatic N) is 1. The molecule has 2 aromatic rings. The summed E-state index contributed by atoms with van der Waals surface area (Å²) in [5.41, 5.74) is 1.88. The van der Waals surface area contributed by atoms with Crippen molar-refractivity contribution in [3.05, 3.63) is 57.8 Å². The van der Waals surface area contributed by atoms with Gasteiger partial charge in [0.2, 0.25) is 0 Å². The number of halogens is 2. The standard InChI is InChI=1S/C16H18Cl2N2O/c1-11(2)19-8-14-5-6-15(9-20-14)21-10-12-3-4-13(17)7-16(12)18/h3-7,9,11,19H,8,10H2,1-2H3. The molecule has 0 spiro atoms. The Labute approximate surface area is 135 Å². The fourth-order valence-electron chi connectivity index (χ4n) is 1.71. The molecule has 2 rings (SSSR count). The van der Waals surface area contributed by atoms with Crippen molar-refractivity contribution >= 4 is 23.2 Å². The van der Waals surface area contributed by atoms with E-state index in [0.717, 1.165) is 17.8 Å². The van der Waals surface area contributed by atoms with Crippen molar-refractivity contribution in [2.24, 2.45) is 0 Å². The molecular weight excluding hydrogens is 307 g/mol. The number of hydrogen-bond acceptors (Lipinski definition) is 3. The van der Waals surface area contributed by atoms with Gasteiger partial charge < -0.3 is 10.1 Å². The largest absolute Gasteiger partial charge is 0.487 e. The predicted octanol–water partition coefficient (Wildman–Crippen LogP) is 4.47. The van der Waals surface area contributed by atoms with Gasteiger partial charge in [-0.25, -0.2) is 0 Å². The second kappa shape index (κ2) is 7.64. The van der Waals surface area contributed by atoms with Crippen LogP contribution < -0.4 is 10.1 Å². The Morgan fingerprint density at radius 2 is 2.00 bits per heavy atom. The summed E-state index contributed by atoms with van der Waals surface area (Å²) in [4.78, 5) is 4.36. The molecule has 5 heteroatoms. The Hall–Kier alpha value is -1.29. The van der Waals surface area contributed by atoms with Crippen molar-refractivity contribution in [1.29, 1.82) is 0 Å². The Kier molecular flexibility index (Phi) is 5.85. The summed E-state index contributed by atoms with van der Waals surface area (Å²) in [5, 5.41) is 4.54. The van der Waals surface area contributed by atoms with Gasteiger partial charge in [0, 0.05) is 28.2 Å². The third-order valence-electron chi connectivity index (χ3n) is 2.90. The van der Waals surface area contributed by atoms with Gasteiger partial charge in [-0.05, 0) is 24.3 Å². The van der Waals surface area contributed by atoms with Crippen molar-refractivity contribution in [3.8, 4) is 5.75 Å². The van der Waals surface area contributed by atoms with Gasteiger partial charge in [0.1, 0.15) is 12.4 Å². The monoisotopic (exact) mass is 324 g/mol. The van der Waals surface area contributed by atoms with Gasteiger partial charge in [-0.3, -0.25) is 4.98 Å². The molecule has 1 N–H and O–H groups in total. The lowest BCUT2D eigenvalue weighted by Crippen LogP contribution is -2.22. The number of rotatable bonds is 6. The first-order chi connectivity index (χ1) is 10.0. The average Bonchev–Trinajstić information content (AvgIpc) is 2.45. The van der Waals surface area contributed by atoms with Crippen molar-refractivity contribution in [2.75, 3.05) is 0 Å². The molecule has 0 saturated heterocycles. The van der Waals surface area contributed by atoms with Crippen LogP contribution in [0.2, 0.25) is 10.0 Å². The third kappa shape index (κ3) is 5.20. The van der Waals surface area contributed by atoms with E-state index < -0.39 is 0 Å². The number of pyridine rings is 1. The first-order valence-corrected chi connectivity index (χ1v) is 7.55. The first-order valence-electron chi connectivity index (χ1n) is 6.79. The van der Waals surface area contributed by atoms with E-state index >= 15 is 0 Å². The molecule has 0 unspecified atom stereocenters. The van der Waals surface area contributed by atoms with E-state index in [9.17, 15) is 0 Å². The minimum atomic E-state index is 0.390. The minimum absolute atomic E-state index is 0.390. The van der Waals surface area contributed by atoms with Gasteiger partial charge in [0.15, 0.2) is 0 Å². The fourth-order valence-corrected chi connectivity index (χ4v) is 2.17. The van der Waals surface area contributed by atoms with Gasteiger partial charge >= 0.3 is 0 Å². The van der Waals surface area contributed by atoms with Gasteiger partial charge in [-0.15, -0.1) is 0 Å². The van der Waals surface area contributed by atoms with Crippen LogP contribution in [0.5, 0.6) is 5.75 Å². The van der Waals surface area contributed by atoms with E-state index in [0.29, 0.717) is 28.4 Å².